The first-order valence-corrected chi connectivity index (χ1v) is 10.6. The molecule has 0 bridgehead atoms. The second-order valence-corrected chi connectivity index (χ2v) is 8.70. The predicted octanol–water partition coefficient (Wildman–Crippen LogP) is -2.11. The van der Waals surface area contributed by atoms with Crippen LogP contribution in [-0.4, -0.2) is 72.0 Å². The summed E-state index contributed by atoms with van der Waals surface area (Å²) in [5, 5.41) is 20.3. The topological polar surface area (TPSA) is 267 Å². The van der Waals surface area contributed by atoms with Gasteiger partial charge in [-0.1, -0.05) is 0 Å². The molecule has 3 heterocycles. The van der Waals surface area contributed by atoms with Crippen molar-refractivity contribution in [1.82, 2.24) is 25.7 Å². The Labute approximate surface area is 162 Å². The van der Waals surface area contributed by atoms with Crippen LogP contribution in [0.5, 0.6) is 0 Å². The smallest absolute Gasteiger partial charge is 0.387 e. The molecule has 10 N–H and O–H groups in total. The number of nitrogen functional groups attached to an aromatic ring is 1. The van der Waals surface area contributed by atoms with E-state index in [9.17, 15) is 24.1 Å². The molecule has 2 aromatic rings. The molecule has 2 aromatic heterocycles. The standard InChI is InChI=1S/C10H14BN5O10P2.H3N/c11-27(20,26-28(21,22)23)24-1-3-5(17)6(18)9(25-3)16-2-13-4-7(16)14-10(12)15-8(4)19;/h2-3,5-6,9,17-18H,1H2,(H2,21,22,23)(H3,12,14,15,19);1H3/t3-,5-,6-,9-,27+;/m1./s1. The molecule has 0 spiro atoms. The van der Waals surface area contributed by atoms with Crippen LogP contribution in [0.15, 0.2) is 11.1 Å². The number of aromatic nitrogens is 4. The molecule has 16 nitrogen and oxygen atoms in total. The van der Waals surface area contributed by atoms with Crippen molar-refractivity contribution in [3.05, 3.63) is 16.7 Å². The second kappa shape index (κ2) is 8.24. The third kappa shape index (κ3) is 5.10. The average molecular weight is 454 g/mol. The van der Waals surface area contributed by atoms with Gasteiger partial charge in [-0.05, 0) is 0 Å². The second-order valence-electron chi connectivity index (χ2n) is 5.73. The molecular weight excluding hydrogens is 437 g/mol. The van der Waals surface area contributed by atoms with Crippen LogP contribution in [0.2, 0.25) is 0 Å². The number of H-pyrrole nitrogens is 1. The molecule has 0 unspecified atom stereocenters. The number of nitrogens with two attached hydrogens (primary N) is 1. The zero-order chi connectivity index (χ0) is 20.9. The maximum atomic E-state index is 11.8. The Kier molecular flexibility index (Phi) is 6.71. The van der Waals surface area contributed by atoms with Crippen molar-refractivity contribution in [3.63, 3.8) is 0 Å². The van der Waals surface area contributed by atoms with Crippen LogP contribution in [0.4, 0.5) is 5.95 Å². The van der Waals surface area contributed by atoms with Gasteiger partial charge in [-0.3, -0.25) is 18.9 Å². The fourth-order valence-electron chi connectivity index (χ4n) is 2.58. The summed E-state index contributed by atoms with van der Waals surface area (Å²) in [6.45, 7) is -0.745. The average Bonchev–Trinajstić information content (AvgIpc) is 3.06. The third-order valence-electron chi connectivity index (χ3n) is 3.70. The molecule has 0 amide bonds. The number of phosphoric acid groups is 1. The number of aliphatic hydroxyl groups is 2. The Morgan fingerprint density at radius 3 is 2.62 bits per heavy atom. The summed E-state index contributed by atoms with van der Waals surface area (Å²) in [6, 6.07) is 0. The SMILES string of the molecule is N.[B][P@](=O)(OC[C@H]1O[C@@H](n2cnc3c(=O)[nH]c(N)nc32)[C@H](O)[C@@H]1O)OP(=O)(O)O. The lowest BCUT2D eigenvalue weighted by Crippen LogP contribution is -2.33. The van der Waals surface area contributed by atoms with Crippen LogP contribution in [0, 0.1) is 0 Å². The molecule has 29 heavy (non-hydrogen) atoms. The van der Waals surface area contributed by atoms with Gasteiger partial charge in [0.2, 0.25) is 13.5 Å². The van der Waals surface area contributed by atoms with Crippen LogP contribution in [0.25, 0.3) is 11.2 Å². The van der Waals surface area contributed by atoms with Crippen LogP contribution in [0.1, 0.15) is 6.23 Å². The van der Waals surface area contributed by atoms with Gasteiger partial charge in [-0.15, -0.1) is 0 Å². The zero-order valence-electron chi connectivity index (χ0n) is 14.4. The van der Waals surface area contributed by atoms with Gasteiger partial charge in [0.15, 0.2) is 17.4 Å². The molecule has 19 heteroatoms. The molecule has 1 saturated heterocycles. The van der Waals surface area contributed by atoms with E-state index >= 15 is 0 Å². The maximum Gasteiger partial charge on any atom is 0.476 e. The summed E-state index contributed by atoms with van der Waals surface area (Å²) in [5.74, 6) is -0.217. The quantitative estimate of drug-likeness (QED) is 0.182. The lowest BCUT2D eigenvalue weighted by molar-refractivity contribution is -0.0479. The largest absolute Gasteiger partial charge is 0.476 e. The molecule has 2 radical (unpaired) electrons. The summed E-state index contributed by atoms with van der Waals surface area (Å²) in [6.07, 6.45) is -4.64. The molecule has 0 aromatic carbocycles. The number of nitrogens with zero attached hydrogens (tertiary/aromatic N) is 3. The fourth-order valence-corrected chi connectivity index (χ4v) is 4.30. The highest BCUT2D eigenvalue weighted by molar-refractivity contribution is 7.83. The van der Waals surface area contributed by atoms with Crippen molar-refractivity contribution in [2.24, 2.45) is 0 Å². The highest BCUT2D eigenvalue weighted by Gasteiger charge is 2.45. The molecule has 1 fully saturated rings. The lowest BCUT2D eigenvalue weighted by Gasteiger charge is -2.19. The van der Waals surface area contributed by atoms with Crippen LogP contribution < -0.4 is 17.4 Å². The number of anilines is 1. The van der Waals surface area contributed by atoms with Crippen molar-refractivity contribution >= 4 is 40.0 Å². The first kappa shape index (κ1) is 23.6. The van der Waals surface area contributed by atoms with Crippen LogP contribution in [-0.2, 0) is 22.7 Å². The number of nitrogens with one attached hydrogen (secondary N) is 1. The number of aromatic amines is 1. The Bertz CT molecular complexity index is 1040. The van der Waals surface area contributed by atoms with E-state index in [2.05, 4.69) is 23.8 Å². The maximum absolute atomic E-state index is 11.8. The molecule has 160 valence electrons. The summed E-state index contributed by atoms with van der Waals surface area (Å²) in [4.78, 5) is 39.1. The van der Waals surface area contributed by atoms with E-state index in [1.54, 1.807) is 0 Å². The zero-order valence-corrected chi connectivity index (χ0v) is 16.2. The summed E-state index contributed by atoms with van der Waals surface area (Å²) in [7, 11) is -4.83. The fraction of sp³-hybridized carbons (Fsp3) is 0.500. The first-order chi connectivity index (χ1) is 12.9. The predicted molar refractivity (Wildman–Crippen MR) is 95.9 cm³/mol. The Balaban J connectivity index is 0.00000300. The van der Waals surface area contributed by atoms with Gasteiger partial charge in [0.25, 0.3) is 13.0 Å². The van der Waals surface area contributed by atoms with Crippen molar-refractivity contribution < 1.29 is 42.7 Å². The highest BCUT2D eigenvalue weighted by Crippen LogP contribution is 2.57. The molecule has 1 aliphatic heterocycles. The van der Waals surface area contributed by atoms with E-state index in [4.69, 9.17) is 27.8 Å². The highest BCUT2D eigenvalue weighted by atomic mass is 31.3. The van der Waals surface area contributed by atoms with E-state index in [1.165, 1.54) is 0 Å². The number of ether oxygens (including phenoxy) is 1. The van der Waals surface area contributed by atoms with E-state index < -0.39 is 52.0 Å². The van der Waals surface area contributed by atoms with Gasteiger partial charge in [0.05, 0.1) is 12.9 Å². The minimum Gasteiger partial charge on any atom is -0.387 e. The Hall–Kier alpha value is -1.65. The van der Waals surface area contributed by atoms with Crippen LogP contribution in [0.3, 0.4) is 0 Å². The Morgan fingerprint density at radius 2 is 2.00 bits per heavy atom. The number of imidazole rings is 1. The van der Waals surface area contributed by atoms with Crippen LogP contribution >= 0.6 is 15.3 Å². The lowest BCUT2D eigenvalue weighted by atomic mass is 10.1. The summed E-state index contributed by atoms with van der Waals surface area (Å²) >= 11 is 0. The van der Waals surface area contributed by atoms with Gasteiger partial charge >= 0.3 is 7.82 Å². The molecule has 3 rings (SSSR count). The van der Waals surface area contributed by atoms with Crippen molar-refractivity contribution in [3.8, 4) is 0 Å². The number of aliphatic hydroxyl groups excluding tert-OH is 2. The van der Waals surface area contributed by atoms with Crippen molar-refractivity contribution in [1.29, 1.82) is 0 Å². The van der Waals surface area contributed by atoms with Gasteiger partial charge in [-0.25, -0.2) is 13.9 Å². The number of hydrogen-bond acceptors (Lipinski definition) is 12. The molecule has 0 saturated carbocycles. The van der Waals surface area contributed by atoms with E-state index in [-0.39, 0.29) is 23.3 Å². The Morgan fingerprint density at radius 1 is 1.34 bits per heavy atom. The van der Waals surface area contributed by atoms with Gasteiger partial charge in [0.1, 0.15) is 18.3 Å². The van der Waals surface area contributed by atoms with Crippen molar-refractivity contribution in [2.75, 3.05) is 12.3 Å². The minimum atomic E-state index is -5.20. The molecule has 0 aliphatic carbocycles. The first-order valence-electron chi connectivity index (χ1n) is 7.42. The third-order valence-corrected chi connectivity index (χ3v) is 5.97. The van der Waals surface area contributed by atoms with E-state index in [0.717, 1.165) is 10.9 Å². The van der Waals surface area contributed by atoms with Crippen molar-refractivity contribution in [2.45, 2.75) is 24.5 Å². The number of hydrogen-bond donors (Lipinski definition) is 7. The summed E-state index contributed by atoms with van der Waals surface area (Å²) < 4.78 is 37.4. The van der Waals surface area contributed by atoms with Gasteiger partial charge < -0.3 is 41.1 Å². The molecular formula is C10H17BN6O10P2. The normalized spacial score (nSPS) is 26.9. The van der Waals surface area contributed by atoms with E-state index in [1.807, 2.05) is 0 Å². The molecule has 5 atom stereocenters. The molecule has 1 aliphatic rings. The van der Waals surface area contributed by atoms with Gasteiger partial charge in [-0.2, -0.15) is 4.98 Å². The van der Waals surface area contributed by atoms with E-state index in [0.29, 0.717) is 0 Å². The minimum absolute atomic E-state index is 0. The van der Waals surface area contributed by atoms with Gasteiger partial charge in [0, 0.05) is 0 Å². The monoisotopic (exact) mass is 454 g/mol. The number of rotatable bonds is 6. The summed E-state index contributed by atoms with van der Waals surface area (Å²) in [5.41, 5.74) is 4.72. The number of fused-ring (bicyclic) bond motifs is 1.